The smallest absolute Gasteiger partial charge is 0.146 e. The van der Waals surface area contributed by atoms with Crippen molar-refractivity contribution in [3.63, 3.8) is 0 Å². The first kappa shape index (κ1) is 13.2. The zero-order chi connectivity index (χ0) is 13.2. The Kier molecular flexibility index (Phi) is 3.97. The predicted octanol–water partition coefficient (Wildman–Crippen LogP) is 4.72. The molecule has 0 N–H and O–H groups in total. The molecule has 1 aromatic rings. The Morgan fingerprint density at radius 3 is 2.68 bits per heavy atom. The van der Waals surface area contributed by atoms with Crippen LogP contribution in [0.4, 0.5) is 10.1 Å². The third-order valence-electron chi connectivity index (χ3n) is 4.74. The first-order valence-corrected chi connectivity index (χ1v) is 7.94. The highest BCUT2D eigenvalue weighted by Gasteiger charge is 2.35. The van der Waals surface area contributed by atoms with Gasteiger partial charge in [-0.25, -0.2) is 4.39 Å². The van der Waals surface area contributed by atoms with Crippen molar-refractivity contribution in [1.82, 2.24) is 0 Å². The van der Waals surface area contributed by atoms with Gasteiger partial charge >= 0.3 is 0 Å². The number of alkyl halides is 1. The second-order valence-electron chi connectivity index (χ2n) is 5.83. The monoisotopic (exact) mass is 281 g/mol. The molecule has 3 heteroatoms. The van der Waals surface area contributed by atoms with E-state index in [9.17, 15) is 4.39 Å². The van der Waals surface area contributed by atoms with E-state index in [1.807, 2.05) is 6.07 Å². The van der Waals surface area contributed by atoms with E-state index in [0.717, 1.165) is 23.7 Å². The Labute approximate surface area is 119 Å². The van der Waals surface area contributed by atoms with Gasteiger partial charge in [-0.2, -0.15) is 0 Å². The van der Waals surface area contributed by atoms with Gasteiger partial charge in [-0.3, -0.25) is 0 Å². The summed E-state index contributed by atoms with van der Waals surface area (Å²) < 4.78 is 14.2. The van der Waals surface area contributed by atoms with E-state index in [0.29, 0.717) is 11.9 Å². The van der Waals surface area contributed by atoms with Gasteiger partial charge < -0.3 is 4.90 Å². The van der Waals surface area contributed by atoms with Gasteiger partial charge in [0.05, 0.1) is 5.69 Å². The van der Waals surface area contributed by atoms with Gasteiger partial charge in [0, 0.05) is 18.5 Å². The number of halogens is 2. The molecule has 1 nitrogen and oxygen atoms in total. The quantitative estimate of drug-likeness (QED) is 0.725. The number of para-hydroxylation sites is 1. The van der Waals surface area contributed by atoms with Crippen LogP contribution in [-0.2, 0) is 5.88 Å². The fourth-order valence-electron chi connectivity index (χ4n) is 3.89. The molecule has 1 heterocycles. The zero-order valence-corrected chi connectivity index (χ0v) is 12.0. The summed E-state index contributed by atoms with van der Waals surface area (Å²) >= 11 is 6.00. The van der Waals surface area contributed by atoms with Crippen LogP contribution in [-0.4, -0.2) is 12.6 Å². The molecule has 1 saturated carbocycles. The number of hydrogen-bond donors (Lipinski definition) is 0. The summed E-state index contributed by atoms with van der Waals surface area (Å²) in [7, 11) is 0. The first-order valence-electron chi connectivity index (χ1n) is 7.41. The molecule has 0 bridgehead atoms. The Hall–Kier alpha value is -0.760. The summed E-state index contributed by atoms with van der Waals surface area (Å²) in [5.74, 6) is 1.04. The molecule has 1 atom stereocenters. The third kappa shape index (κ3) is 2.47. The van der Waals surface area contributed by atoms with E-state index < -0.39 is 0 Å². The maximum Gasteiger partial charge on any atom is 0.146 e. The van der Waals surface area contributed by atoms with E-state index in [2.05, 4.69) is 4.90 Å². The molecule has 3 rings (SSSR count). The van der Waals surface area contributed by atoms with Gasteiger partial charge in [-0.05, 0) is 43.2 Å². The van der Waals surface area contributed by atoms with Crippen LogP contribution < -0.4 is 4.90 Å². The van der Waals surface area contributed by atoms with Crippen molar-refractivity contribution in [2.24, 2.45) is 5.92 Å². The van der Waals surface area contributed by atoms with Crippen molar-refractivity contribution < 1.29 is 4.39 Å². The van der Waals surface area contributed by atoms with Gasteiger partial charge in [0.25, 0.3) is 0 Å². The van der Waals surface area contributed by atoms with Crippen molar-refractivity contribution in [2.75, 3.05) is 11.4 Å². The van der Waals surface area contributed by atoms with Gasteiger partial charge in [0.1, 0.15) is 5.82 Å². The fraction of sp³-hybridized carbons (Fsp3) is 0.625. The van der Waals surface area contributed by atoms with E-state index >= 15 is 0 Å². The molecule has 1 unspecified atom stereocenters. The van der Waals surface area contributed by atoms with Crippen LogP contribution in [0.3, 0.4) is 0 Å². The maximum atomic E-state index is 14.2. The molecule has 1 saturated heterocycles. The summed E-state index contributed by atoms with van der Waals surface area (Å²) in [5, 5.41) is 0. The summed E-state index contributed by atoms with van der Waals surface area (Å²) in [6, 6.07) is 5.81. The van der Waals surface area contributed by atoms with Crippen molar-refractivity contribution in [2.45, 2.75) is 50.4 Å². The van der Waals surface area contributed by atoms with Crippen molar-refractivity contribution in [3.05, 3.63) is 29.6 Å². The van der Waals surface area contributed by atoms with E-state index in [4.69, 9.17) is 11.6 Å². The SMILES string of the molecule is Fc1cccc(CCl)c1N1CCCC1C1CCCC1. The molecule has 0 amide bonds. The van der Waals surface area contributed by atoms with Crippen LogP contribution in [0.25, 0.3) is 0 Å². The number of nitrogens with zero attached hydrogens (tertiary/aromatic N) is 1. The second kappa shape index (κ2) is 5.70. The van der Waals surface area contributed by atoms with Gasteiger partial charge in [-0.1, -0.05) is 25.0 Å². The normalized spacial score (nSPS) is 24.3. The minimum Gasteiger partial charge on any atom is -0.366 e. The van der Waals surface area contributed by atoms with Crippen LogP contribution in [0.1, 0.15) is 44.1 Å². The molecule has 2 aliphatic rings. The number of anilines is 1. The molecule has 0 spiro atoms. The highest BCUT2D eigenvalue weighted by Crippen LogP contribution is 2.39. The Bertz CT molecular complexity index is 442. The summed E-state index contributed by atoms with van der Waals surface area (Å²) in [6.45, 7) is 0.978. The highest BCUT2D eigenvalue weighted by molar-refractivity contribution is 6.17. The Balaban J connectivity index is 1.91. The van der Waals surface area contributed by atoms with Crippen LogP contribution in [0.2, 0.25) is 0 Å². The topological polar surface area (TPSA) is 3.24 Å². The number of hydrogen-bond acceptors (Lipinski definition) is 1. The van der Waals surface area contributed by atoms with E-state index in [1.165, 1.54) is 38.5 Å². The lowest BCUT2D eigenvalue weighted by Gasteiger charge is -2.32. The molecular weight excluding hydrogens is 261 g/mol. The van der Waals surface area contributed by atoms with Gasteiger partial charge in [0.2, 0.25) is 0 Å². The van der Waals surface area contributed by atoms with Gasteiger partial charge in [0.15, 0.2) is 0 Å². The molecule has 2 fully saturated rings. The molecule has 0 radical (unpaired) electrons. The standard InChI is InChI=1S/C16H21ClFN/c17-11-13-7-3-8-14(18)16(13)19-10-4-9-15(19)12-5-1-2-6-12/h3,7-8,12,15H,1-2,4-6,9-11H2. The molecular formula is C16H21ClFN. The highest BCUT2D eigenvalue weighted by atomic mass is 35.5. The number of benzene rings is 1. The van der Waals surface area contributed by atoms with Gasteiger partial charge in [-0.15, -0.1) is 11.6 Å². The summed E-state index contributed by atoms with van der Waals surface area (Å²) in [5.41, 5.74) is 1.71. The van der Waals surface area contributed by atoms with Crippen molar-refractivity contribution in [3.8, 4) is 0 Å². The van der Waals surface area contributed by atoms with Crippen LogP contribution >= 0.6 is 11.6 Å². The van der Waals surface area contributed by atoms with Crippen molar-refractivity contribution >= 4 is 17.3 Å². The third-order valence-corrected chi connectivity index (χ3v) is 5.03. The average Bonchev–Trinajstić information content (AvgIpc) is 3.08. The lowest BCUT2D eigenvalue weighted by Crippen LogP contribution is -2.35. The summed E-state index contributed by atoms with van der Waals surface area (Å²) in [4.78, 5) is 2.31. The maximum absolute atomic E-state index is 14.2. The molecule has 0 aromatic heterocycles. The minimum atomic E-state index is -0.108. The fourth-order valence-corrected chi connectivity index (χ4v) is 4.11. The Morgan fingerprint density at radius 2 is 1.95 bits per heavy atom. The summed E-state index contributed by atoms with van der Waals surface area (Å²) in [6.07, 6.45) is 7.69. The minimum absolute atomic E-state index is 0.108. The average molecular weight is 282 g/mol. The number of rotatable bonds is 3. The van der Waals surface area contributed by atoms with Crippen LogP contribution in [0.15, 0.2) is 18.2 Å². The van der Waals surface area contributed by atoms with Crippen LogP contribution in [0, 0.1) is 11.7 Å². The van der Waals surface area contributed by atoms with E-state index in [1.54, 1.807) is 12.1 Å². The molecule has 1 aromatic carbocycles. The Morgan fingerprint density at radius 1 is 1.16 bits per heavy atom. The molecule has 1 aliphatic carbocycles. The van der Waals surface area contributed by atoms with Crippen molar-refractivity contribution in [1.29, 1.82) is 0 Å². The lowest BCUT2D eigenvalue weighted by atomic mass is 9.95. The molecule has 1 aliphatic heterocycles. The molecule has 19 heavy (non-hydrogen) atoms. The largest absolute Gasteiger partial charge is 0.366 e. The molecule has 104 valence electrons. The van der Waals surface area contributed by atoms with E-state index in [-0.39, 0.29) is 5.82 Å². The lowest BCUT2D eigenvalue weighted by molar-refractivity contribution is 0.427. The zero-order valence-electron chi connectivity index (χ0n) is 11.2. The first-order chi connectivity index (χ1) is 9.31. The predicted molar refractivity (Wildman–Crippen MR) is 78.3 cm³/mol. The second-order valence-corrected chi connectivity index (χ2v) is 6.10. The van der Waals surface area contributed by atoms with Crippen LogP contribution in [0.5, 0.6) is 0 Å².